The van der Waals surface area contributed by atoms with Crippen LogP contribution < -0.4 is 0 Å². The first-order valence-electron chi connectivity index (χ1n) is 7.93. The maximum Gasteiger partial charge on any atom is 0.222 e. The molecule has 1 N–H and O–H groups in total. The van der Waals surface area contributed by atoms with E-state index >= 15 is 0 Å². The van der Waals surface area contributed by atoms with Crippen LogP contribution in [0.3, 0.4) is 0 Å². The van der Waals surface area contributed by atoms with Crippen molar-refractivity contribution in [3.8, 4) is 0 Å². The molecule has 5 heteroatoms. The van der Waals surface area contributed by atoms with Crippen LogP contribution in [0.25, 0.3) is 0 Å². The molecular formula is C17H26N2O3. The predicted molar refractivity (Wildman–Crippen MR) is 85.5 cm³/mol. The number of nitrogens with zero attached hydrogens (tertiary/aromatic N) is 2. The third-order valence-corrected chi connectivity index (χ3v) is 4.08. The Morgan fingerprint density at radius 2 is 1.91 bits per heavy atom. The zero-order valence-electron chi connectivity index (χ0n) is 13.3. The summed E-state index contributed by atoms with van der Waals surface area (Å²) in [6.45, 7) is 4.38. The molecule has 1 heterocycles. The van der Waals surface area contributed by atoms with Crippen molar-refractivity contribution in [1.29, 1.82) is 0 Å². The molecule has 1 amide bonds. The highest BCUT2D eigenvalue weighted by Crippen LogP contribution is 2.15. The molecule has 0 unspecified atom stereocenters. The number of β-amino-alcohol motifs (C(OH)–C–C–N with tert-alkyl or cyclic N) is 1. The van der Waals surface area contributed by atoms with E-state index in [2.05, 4.69) is 4.90 Å². The zero-order valence-corrected chi connectivity index (χ0v) is 13.3. The first-order chi connectivity index (χ1) is 10.7. The average molecular weight is 306 g/mol. The number of aliphatic hydroxyl groups excluding tert-OH is 1. The normalized spacial score (nSPS) is 17.5. The third-order valence-electron chi connectivity index (χ3n) is 4.08. The summed E-state index contributed by atoms with van der Waals surface area (Å²) in [5.74, 6) is 0.209. The van der Waals surface area contributed by atoms with E-state index in [1.165, 1.54) is 0 Å². The van der Waals surface area contributed by atoms with E-state index in [9.17, 15) is 9.90 Å². The van der Waals surface area contributed by atoms with Crippen LogP contribution in [0.15, 0.2) is 30.3 Å². The van der Waals surface area contributed by atoms with Crippen LogP contribution in [-0.4, -0.2) is 67.3 Å². The SMILES string of the molecule is COCCCC(=O)N1CCN(C[C@@H](O)c2ccccc2)CC1. The van der Waals surface area contributed by atoms with Gasteiger partial charge in [0.25, 0.3) is 0 Å². The van der Waals surface area contributed by atoms with Crippen molar-refractivity contribution in [3.63, 3.8) is 0 Å². The van der Waals surface area contributed by atoms with Gasteiger partial charge < -0.3 is 14.7 Å². The minimum absolute atomic E-state index is 0.209. The van der Waals surface area contributed by atoms with E-state index in [-0.39, 0.29) is 5.91 Å². The molecule has 1 aliphatic heterocycles. The molecule has 1 atom stereocenters. The fraction of sp³-hybridized carbons (Fsp3) is 0.588. The lowest BCUT2D eigenvalue weighted by molar-refractivity contribution is -0.133. The molecule has 2 rings (SSSR count). The number of benzene rings is 1. The second kappa shape index (κ2) is 8.88. The number of hydrogen-bond acceptors (Lipinski definition) is 4. The highest BCUT2D eigenvalue weighted by Gasteiger charge is 2.22. The van der Waals surface area contributed by atoms with Crippen LogP contribution in [0, 0.1) is 0 Å². The van der Waals surface area contributed by atoms with Crippen molar-refractivity contribution in [1.82, 2.24) is 9.80 Å². The summed E-state index contributed by atoms with van der Waals surface area (Å²) in [5, 5.41) is 10.3. The number of aliphatic hydroxyl groups is 1. The van der Waals surface area contributed by atoms with Crippen LogP contribution in [0.2, 0.25) is 0 Å². The smallest absolute Gasteiger partial charge is 0.222 e. The first kappa shape index (κ1) is 16.9. The Morgan fingerprint density at radius 1 is 1.23 bits per heavy atom. The number of amides is 1. The summed E-state index contributed by atoms with van der Waals surface area (Å²) in [4.78, 5) is 16.2. The van der Waals surface area contributed by atoms with Crippen LogP contribution in [0.5, 0.6) is 0 Å². The van der Waals surface area contributed by atoms with Gasteiger partial charge in [0, 0.05) is 52.9 Å². The quantitative estimate of drug-likeness (QED) is 0.771. The summed E-state index contributed by atoms with van der Waals surface area (Å²) in [5.41, 5.74) is 0.945. The molecule has 0 bridgehead atoms. The lowest BCUT2D eigenvalue weighted by Gasteiger charge is -2.35. The highest BCUT2D eigenvalue weighted by atomic mass is 16.5. The Hall–Kier alpha value is -1.43. The molecule has 1 fully saturated rings. The summed E-state index contributed by atoms with van der Waals surface area (Å²) in [6, 6.07) is 9.72. The topological polar surface area (TPSA) is 53.0 Å². The maximum absolute atomic E-state index is 12.0. The van der Waals surface area contributed by atoms with E-state index in [0.717, 1.165) is 38.2 Å². The molecule has 22 heavy (non-hydrogen) atoms. The standard InChI is InChI=1S/C17H26N2O3/c1-22-13-5-8-17(21)19-11-9-18(10-12-19)14-16(20)15-6-3-2-4-7-15/h2-4,6-7,16,20H,5,8-14H2,1H3/t16-/m1/s1. The molecule has 1 saturated heterocycles. The molecule has 0 spiro atoms. The second-order valence-corrected chi connectivity index (χ2v) is 5.70. The summed E-state index contributed by atoms with van der Waals surface area (Å²) in [6.07, 6.45) is 0.869. The Kier molecular flexibility index (Phi) is 6.83. The van der Waals surface area contributed by atoms with Crippen molar-refractivity contribution in [2.75, 3.05) is 46.4 Å². The van der Waals surface area contributed by atoms with E-state index in [4.69, 9.17) is 4.74 Å². The van der Waals surface area contributed by atoms with Crippen molar-refractivity contribution in [2.24, 2.45) is 0 Å². The molecule has 0 aliphatic carbocycles. The van der Waals surface area contributed by atoms with E-state index < -0.39 is 6.10 Å². The van der Waals surface area contributed by atoms with Gasteiger partial charge in [-0.3, -0.25) is 9.69 Å². The van der Waals surface area contributed by atoms with Gasteiger partial charge in [-0.2, -0.15) is 0 Å². The Balaban J connectivity index is 1.72. The summed E-state index contributed by atoms with van der Waals surface area (Å²) < 4.78 is 4.98. The zero-order chi connectivity index (χ0) is 15.8. The molecular weight excluding hydrogens is 280 g/mol. The molecule has 5 nitrogen and oxygen atoms in total. The first-order valence-corrected chi connectivity index (χ1v) is 7.93. The van der Waals surface area contributed by atoms with Crippen LogP contribution in [0.1, 0.15) is 24.5 Å². The second-order valence-electron chi connectivity index (χ2n) is 5.70. The lowest BCUT2D eigenvalue weighted by atomic mass is 10.1. The minimum atomic E-state index is -0.467. The predicted octanol–water partition coefficient (Wildman–Crippen LogP) is 1.29. The Bertz CT molecular complexity index is 444. The number of piperazine rings is 1. The largest absolute Gasteiger partial charge is 0.387 e. The van der Waals surface area contributed by atoms with Crippen molar-refractivity contribution < 1.29 is 14.6 Å². The van der Waals surface area contributed by atoms with Crippen LogP contribution in [0.4, 0.5) is 0 Å². The fourth-order valence-corrected chi connectivity index (χ4v) is 2.73. The Labute approximate surface area is 132 Å². The Morgan fingerprint density at radius 3 is 2.55 bits per heavy atom. The van der Waals surface area contributed by atoms with Gasteiger partial charge in [0.05, 0.1) is 6.10 Å². The minimum Gasteiger partial charge on any atom is -0.387 e. The van der Waals surface area contributed by atoms with Gasteiger partial charge in [-0.1, -0.05) is 30.3 Å². The van der Waals surface area contributed by atoms with Crippen molar-refractivity contribution >= 4 is 5.91 Å². The van der Waals surface area contributed by atoms with Gasteiger partial charge in [-0.25, -0.2) is 0 Å². The highest BCUT2D eigenvalue weighted by molar-refractivity contribution is 5.76. The number of methoxy groups -OCH3 is 1. The van der Waals surface area contributed by atoms with Crippen LogP contribution >= 0.6 is 0 Å². The molecule has 122 valence electrons. The van der Waals surface area contributed by atoms with Gasteiger partial charge in [0.1, 0.15) is 0 Å². The van der Waals surface area contributed by atoms with Crippen LogP contribution in [-0.2, 0) is 9.53 Å². The van der Waals surface area contributed by atoms with Crippen molar-refractivity contribution in [2.45, 2.75) is 18.9 Å². The maximum atomic E-state index is 12.0. The molecule has 1 aliphatic rings. The number of rotatable bonds is 7. The third kappa shape index (κ3) is 5.09. The van der Waals surface area contributed by atoms with Gasteiger partial charge in [0.2, 0.25) is 5.91 Å². The van der Waals surface area contributed by atoms with Gasteiger partial charge in [-0.05, 0) is 12.0 Å². The molecule has 0 saturated carbocycles. The van der Waals surface area contributed by atoms with E-state index in [1.54, 1.807) is 7.11 Å². The molecule has 1 aromatic carbocycles. The van der Waals surface area contributed by atoms with E-state index in [0.29, 0.717) is 19.6 Å². The lowest BCUT2D eigenvalue weighted by Crippen LogP contribution is -2.49. The number of carbonyl (C=O) groups is 1. The van der Waals surface area contributed by atoms with Crippen molar-refractivity contribution in [3.05, 3.63) is 35.9 Å². The molecule has 0 aromatic heterocycles. The fourth-order valence-electron chi connectivity index (χ4n) is 2.73. The summed E-state index contributed by atoms with van der Waals surface area (Å²) >= 11 is 0. The summed E-state index contributed by atoms with van der Waals surface area (Å²) in [7, 11) is 1.65. The number of carbonyl (C=O) groups excluding carboxylic acids is 1. The van der Waals surface area contributed by atoms with Gasteiger partial charge in [0.15, 0.2) is 0 Å². The number of hydrogen-bond donors (Lipinski definition) is 1. The molecule has 1 aromatic rings. The van der Waals surface area contributed by atoms with Gasteiger partial charge >= 0.3 is 0 Å². The number of ether oxygens (including phenoxy) is 1. The molecule has 0 radical (unpaired) electrons. The van der Waals surface area contributed by atoms with Gasteiger partial charge in [-0.15, -0.1) is 0 Å². The monoisotopic (exact) mass is 306 g/mol. The average Bonchev–Trinajstić information content (AvgIpc) is 2.56. The van der Waals surface area contributed by atoms with E-state index in [1.807, 2.05) is 35.2 Å².